The summed E-state index contributed by atoms with van der Waals surface area (Å²) in [5.41, 5.74) is 0.624. The van der Waals surface area contributed by atoms with E-state index in [2.05, 4.69) is 15.2 Å². The molecule has 27 heavy (non-hydrogen) atoms. The number of carbonyl (C=O) groups excluding carboxylic acids is 2. The summed E-state index contributed by atoms with van der Waals surface area (Å²) in [6.45, 7) is 5.08. The Hall–Kier alpha value is -2.57. The average Bonchev–Trinajstić information content (AvgIpc) is 3.11. The first kappa shape index (κ1) is 19.2. The second-order valence-electron chi connectivity index (χ2n) is 7.29. The Morgan fingerprint density at radius 2 is 2.04 bits per heavy atom. The Bertz CT molecular complexity index is 777. The number of fused-ring (bicyclic) bond motifs is 1. The number of oxazole rings is 1. The Kier molecular flexibility index (Phi) is 5.68. The molecule has 1 aliphatic heterocycles. The molecule has 0 saturated carbocycles. The van der Waals surface area contributed by atoms with E-state index in [0.717, 1.165) is 17.5 Å². The highest BCUT2D eigenvalue weighted by molar-refractivity contribution is 5.88. The summed E-state index contributed by atoms with van der Waals surface area (Å²) in [6.07, 6.45) is 2.71. The summed E-state index contributed by atoms with van der Waals surface area (Å²) in [5, 5.41) is 2.92. The number of aromatic nitrogens is 1. The number of benzene rings is 1. The Balaban J connectivity index is 1.61. The van der Waals surface area contributed by atoms with Crippen molar-refractivity contribution < 1.29 is 18.7 Å². The lowest BCUT2D eigenvalue weighted by Crippen LogP contribution is -2.55. The maximum Gasteiger partial charge on any atom is 0.331 e. The van der Waals surface area contributed by atoms with E-state index in [0.29, 0.717) is 38.4 Å². The van der Waals surface area contributed by atoms with Gasteiger partial charge in [-0.2, -0.15) is 4.98 Å². The van der Waals surface area contributed by atoms with Crippen molar-refractivity contribution in [3.63, 3.8) is 0 Å². The van der Waals surface area contributed by atoms with E-state index in [9.17, 15) is 9.59 Å². The van der Waals surface area contributed by atoms with Gasteiger partial charge in [0.1, 0.15) is 11.1 Å². The number of para-hydroxylation sites is 2. The lowest BCUT2D eigenvalue weighted by molar-refractivity contribution is -0.151. The molecule has 1 aromatic carbocycles. The van der Waals surface area contributed by atoms with Crippen LogP contribution in [0.15, 0.2) is 28.7 Å². The summed E-state index contributed by atoms with van der Waals surface area (Å²) in [7, 11) is 1.35. The highest BCUT2D eigenvalue weighted by Crippen LogP contribution is 2.27. The minimum Gasteiger partial charge on any atom is -0.467 e. The summed E-state index contributed by atoms with van der Waals surface area (Å²) in [6, 6.07) is 8.26. The minimum atomic E-state index is -0.974. The third kappa shape index (κ3) is 4.07. The molecule has 1 atom stereocenters. The zero-order valence-corrected chi connectivity index (χ0v) is 16.2. The van der Waals surface area contributed by atoms with Crippen LogP contribution in [0.3, 0.4) is 0 Å². The summed E-state index contributed by atoms with van der Waals surface area (Å²) in [4.78, 5) is 31.4. The van der Waals surface area contributed by atoms with E-state index in [-0.39, 0.29) is 11.8 Å². The van der Waals surface area contributed by atoms with Crippen LogP contribution in [-0.2, 0) is 14.3 Å². The van der Waals surface area contributed by atoms with Gasteiger partial charge >= 0.3 is 5.97 Å². The molecule has 7 nitrogen and oxygen atoms in total. The van der Waals surface area contributed by atoms with Gasteiger partial charge in [0.25, 0.3) is 6.01 Å². The molecule has 1 fully saturated rings. The molecule has 0 bridgehead atoms. The first-order valence-electron chi connectivity index (χ1n) is 9.48. The fourth-order valence-electron chi connectivity index (χ4n) is 3.64. The molecule has 1 aromatic heterocycles. The van der Waals surface area contributed by atoms with Crippen molar-refractivity contribution in [2.75, 3.05) is 25.1 Å². The smallest absolute Gasteiger partial charge is 0.331 e. The maximum absolute atomic E-state index is 12.7. The van der Waals surface area contributed by atoms with Crippen molar-refractivity contribution in [2.24, 2.45) is 5.92 Å². The molecule has 146 valence electrons. The predicted molar refractivity (Wildman–Crippen MR) is 102 cm³/mol. The second-order valence-corrected chi connectivity index (χ2v) is 7.29. The highest BCUT2D eigenvalue weighted by Gasteiger charge is 2.37. The lowest BCUT2D eigenvalue weighted by atomic mass is 9.91. The van der Waals surface area contributed by atoms with Crippen molar-refractivity contribution in [3.8, 4) is 0 Å². The number of methoxy groups -OCH3 is 1. The second kappa shape index (κ2) is 7.98. The van der Waals surface area contributed by atoms with Crippen LogP contribution in [0.2, 0.25) is 0 Å². The third-order valence-electron chi connectivity index (χ3n) is 5.20. The van der Waals surface area contributed by atoms with Crippen LogP contribution in [0.1, 0.15) is 39.5 Å². The number of piperidine rings is 1. The number of nitrogens with one attached hydrogen (secondary N) is 1. The fourth-order valence-corrected chi connectivity index (χ4v) is 3.64. The molecule has 0 spiro atoms. The number of hydrogen-bond donors (Lipinski definition) is 1. The molecular formula is C20H27N3O4. The molecule has 1 N–H and O–H groups in total. The summed E-state index contributed by atoms with van der Waals surface area (Å²) >= 11 is 0. The molecule has 0 aliphatic carbocycles. The Labute approximate surface area is 159 Å². The minimum absolute atomic E-state index is 0.0893. The molecule has 7 heteroatoms. The summed E-state index contributed by atoms with van der Waals surface area (Å²) < 4.78 is 10.7. The molecule has 3 rings (SSSR count). The highest BCUT2D eigenvalue weighted by atomic mass is 16.5. The quantitative estimate of drug-likeness (QED) is 0.784. The van der Waals surface area contributed by atoms with Gasteiger partial charge in [-0.1, -0.05) is 25.5 Å². The van der Waals surface area contributed by atoms with Crippen LogP contribution in [0.5, 0.6) is 0 Å². The van der Waals surface area contributed by atoms with E-state index >= 15 is 0 Å². The standard InChI is InChI=1S/C20H27N3O4/c1-4-11-20(2,18(25)26-3)22-17(24)14-9-12-23(13-10-14)19-21-15-7-5-6-8-16(15)27-19/h5-8,14H,4,9-13H2,1-3H3,(H,22,24). The SMILES string of the molecule is CCCC(C)(NC(=O)C1CCN(c2nc3ccccc3o2)CC1)C(=O)OC. The van der Waals surface area contributed by atoms with Gasteiger partial charge in [-0.05, 0) is 38.3 Å². The molecule has 1 unspecified atom stereocenters. The number of anilines is 1. The van der Waals surface area contributed by atoms with Gasteiger partial charge in [-0.3, -0.25) is 4.79 Å². The number of esters is 1. The topological polar surface area (TPSA) is 84.7 Å². The predicted octanol–water partition coefficient (Wildman–Crippen LogP) is 2.89. The van der Waals surface area contributed by atoms with Crippen LogP contribution in [0.25, 0.3) is 11.1 Å². The first-order chi connectivity index (χ1) is 13.0. The molecule has 1 aliphatic rings. The monoisotopic (exact) mass is 373 g/mol. The van der Waals surface area contributed by atoms with Gasteiger partial charge < -0.3 is 19.4 Å². The van der Waals surface area contributed by atoms with Gasteiger partial charge in [0.05, 0.1) is 7.11 Å². The number of nitrogens with zero attached hydrogens (tertiary/aromatic N) is 2. The van der Waals surface area contributed by atoms with Crippen LogP contribution < -0.4 is 10.2 Å². The molecule has 1 saturated heterocycles. The fraction of sp³-hybridized carbons (Fsp3) is 0.550. The largest absolute Gasteiger partial charge is 0.467 e. The molecule has 2 aromatic rings. The lowest BCUT2D eigenvalue weighted by Gasteiger charge is -2.33. The van der Waals surface area contributed by atoms with Crippen molar-refractivity contribution in [1.82, 2.24) is 10.3 Å². The van der Waals surface area contributed by atoms with Crippen molar-refractivity contribution in [2.45, 2.75) is 45.1 Å². The first-order valence-corrected chi connectivity index (χ1v) is 9.48. The van der Waals surface area contributed by atoms with Gasteiger partial charge in [0.2, 0.25) is 5.91 Å². The van der Waals surface area contributed by atoms with Crippen LogP contribution in [0.4, 0.5) is 6.01 Å². The number of rotatable bonds is 6. The molecular weight excluding hydrogens is 346 g/mol. The van der Waals surface area contributed by atoms with Gasteiger partial charge in [-0.15, -0.1) is 0 Å². The number of amides is 1. The molecule has 0 radical (unpaired) electrons. The Morgan fingerprint density at radius 1 is 1.33 bits per heavy atom. The van der Waals surface area contributed by atoms with Gasteiger partial charge in [0.15, 0.2) is 5.58 Å². The zero-order valence-electron chi connectivity index (χ0n) is 16.2. The normalized spacial score (nSPS) is 17.5. The molecule has 2 heterocycles. The number of carbonyl (C=O) groups is 2. The van der Waals surface area contributed by atoms with Crippen molar-refractivity contribution in [1.29, 1.82) is 0 Å². The zero-order chi connectivity index (χ0) is 19.4. The maximum atomic E-state index is 12.7. The van der Waals surface area contributed by atoms with Crippen LogP contribution >= 0.6 is 0 Å². The van der Waals surface area contributed by atoms with E-state index in [1.165, 1.54) is 7.11 Å². The number of hydrogen-bond acceptors (Lipinski definition) is 6. The van der Waals surface area contributed by atoms with Crippen molar-refractivity contribution in [3.05, 3.63) is 24.3 Å². The van der Waals surface area contributed by atoms with Crippen LogP contribution in [-0.4, -0.2) is 42.6 Å². The molecule has 1 amide bonds. The Morgan fingerprint density at radius 3 is 2.67 bits per heavy atom. The van der Waals surface area contributed by atoms with Crippen molar-refractivity contribution >= 4 is 29.0 Å². The third-order valence-corrected chi connectivity index (χ3v) is 5.20. The summed E-state index contributed by atoms with van der Waals surface area (Å²) in [5.74, 6) is -0.623. The van der Waals surface area contributed by atoms with E-state index in [1.807, 2.05) is 31.2 Å². The van der Waals surface area contributed by atoms with E-state index < -0.39 is 11.5 Å². The van der Waals surface area contributed by atoms with Crippen LogP contribution in [0, 0.1) is 5.92 Å². The van der Waals surface area contributed by atoms with E-state index in [1.54, 1.807) is 6.92 Å². The van der Waals surface area contributed by atoms with Gasteiger partial charge in [-0.25, -0.2) is 4.79 Å². The average molecular weight is 373 g/mol. The van der Waals surface area contributed by atoms with Gasteiger partial charge in [0, 0.05) is 19.0 Å². The van der Waals surface area contributed by atoms with E-state index in [4.69, 9.17) is 9.15 Å². The number of ether oxygens (including phenoxy) is 1.